The lowest BCUT2D eigenvalue weighted by Gasteiger charge is -2.24. The Morgan fingerprint density at radius 3 is 2.39 bits per heavy atom. The van der Waals surface area contributed by atoms with Crippen LogP contribution >= 0.6 is 0 Å². The van der Waals surface area contributed by atoms with Gasteiger partial charge in [-0.25, -0.2) is 4.79 Å². The van der Waals surface area contributed by atoms with E-state index in [2.05, 4.69) is 5.32 Å². The highest BCUT2D eigenvalue weighted by Gasteiger charge is 2.36. The summed E-state index contributed by atoms with van der Waals surface area (Å²) in [6.07, 6.45) is 0.396. The molecule has 0 radical (unpaired) electrons. The van der Waals surface area contributed by atoms with Gasteiger partial charge in [-0.05, 0) is 20.8 Å². The number of carbonyl (C=O) groups excluding carboxylic acids is 2. The van der Waals surface area contributed by atoms with Crippen molar-refractivity contribution in [3.8, 4) is 0 Å². The maximum atomic E-state index is 12.5. The number of hydrogen-bond donors (Lipinski definition) is 1. The van der Waals surface area contributed by atoms with Crippen LogP contribution in [0.2, 0.25) is 0 Å². The molecule has 0 saturated carbocycles. The third-order valence-electron chi connectivity index (χ3n) is 4.18. The van der Waals surface area contributed by atoms with Gasteiger partial charge in [0.15, 0.2) is 5.78 Å². The van der Waals surface area contributed by atoms with E-state index in [1.165, 1.54) is 0 Å². The number of rotatable bonds is 7. The Balaban J connectivity index is 2.03. The first kappa shape index (κ1) is 22.3. The monoisotopic (exact) mass is 412 g/mol. The predicted molar refractivity (Wildman–Crippen MR) is 105 cm³/mol. The number of amides is 1. The topological polar surface area (TPSA) is 102 Å². The molecule has 0 aromatic heterocycles. The van der Waals surface area contributed by atoms with Gasteiger partial charge in [0.1, 0.15) is 5.60 Å². The molecule has 8 nitrogen and oxygen atoms in total. The number of carbonyl (C=O) groups is 2. The number of ether oxygens (including phenoxy) is 1. The molecule has 1 aromatic rings. The average Bonchev–Trinajstić information content (AvgIpc) is 2.92. The summed E-state index contributed by atoms with van der Waals surface area (Å²) in [5.41, 5.74) is -0.0419. The quantitative estimate of drug-likeness (QED) is 0.537. The lowest BCUT2D eigenvalue weighted by atomic mass is 10.1. The summed E-state index contributed by atoms with van der Waals surface area (Å²) in [4.78, 5) is 26.5. The van der Waals surface area contributed by atoms with Crippen LogP contribution in [0.15, 0.2) is 30.3 Å². The van der Waals surface area contributed by atoms with Gasteiger partial charge in [0, 0.05) is 24.6 Å². The Morgan fingerprint density at radius 1 is 1.18 bits per heavy atom. The van der Waals surface area contributed by atoms with Gasteiger partial charge in [-0.1, -0.05) is 30.3 Å². The molecule has 1 aliphatic heterocycles. The third kappa shape index (κ3) is 7.57. The number of Topliss-reactive ketones (excluding diaryl/α,β-unsaturated/α-hetero) is 1. The fourth-order valence-electron chi connectivity index (χ4n) is 3.01. The molecule has 2 unspecified atom stereocenters. The number of ketones is 1. The summed E-state index contributed by atoms with van der Waals surface area (Å²) in [6.45, 7) is 6.20. The van der Waals surface area contributed by atoms with Gasteiger partial charge in [-0.2, -0.15) is 8.42 Å². The van der Waals surface area contributed by atoms with Crippen LogP contribution < -0.4 is 5.32 Å². The molecular formula is C19H28N2O6S. The minimum Gasteiger partial charge on any atom is -0.444 e. The predicted octanol–water partition coefficient (Wildman–Crippen LogP) is 1.67. The summed E-state index contributed by atoms with van der Waals surface area (Å²) >= 11 is 0. The maximum Gasteiger partial charge on any atom is 0.407 e. The van der Waals surface area contributed by atoms with E-state index in [4.69, 9.17) is 8.92 Å². The van der Waals surface area contributed by atoms with Crippen LogP contribution in [0, 0.1) is 5.92 Å². The minimum absolute atomic E-state index is 0.0405. The van der Waals surface area contributed by atoms with Gasteiger partial charge in [0.25, 0.3) is 10.1 Å². The Hall–Kier alpha value is -1.97. The Kier molecular flexibility index (Phi) is 7.19. The zero-order valence-corrected chi connectivity index (χ0v) is 17.5. The molecule has 0 aliphatic carbocycles. The molecule has 156 valence electrons. The average molecular weight is 413 g/mol. The summed E-state index contributed by atoms with van der Waals surface area (Å²) in [6, 6.07) is 8.55. The van der Waals surface area contributed by atoms with Gasteiger partial charge in [-0.15, -0.1) is 0 Å². The van der Waals surface area contributed by atoms with Crippen molar-refractivity contribution < 1.29 is 26.9 Å². The van der Waals surface area contributed by atoms with Gasteiger partial charge < -0.3 is 10.1 Å². The number of likely N-dealkylation sites (tertiary alicyclic amines) is 1. The molecular weight excluding hydrogens is 384 g/mol. The molecule has 1 saturated heterocycles. The van der Waals surface area contributed by atoms with Crippen molar-refractivity contribution in [2.45, 2.75) is 32.4 Å². The number of alkyl carbamates (subject to hydrolysis) is 1. The number of benzene rings is 1. The number of nitrogens with one attached hydrogen (secondary N) is 1. The molecule has 1 fully saturated rings. The van der Waals surface area contributed by atoms with Crippen molar-refractivity contribution in [1.82, 2.24) is 10.2 Å². The van der Waals surface area contributed by atoms with Crippen LogP contribution in [0.3, 0.4) is 0 Å². The van der Waals surface area contributed by atoms with Crippen LogP contribution in [0.25, 0.3) is 0 Å². The first-order valence-corrected chi connectivity index (χ1v) is 10.9. The van der Waals surface area contributed by atoms with Gasteiger partial charge in [0.2, 0.25) is 0 Å². The van der Waals surface area contributed by atoms with E-state index < -0.39 is 21.8 Å². The SMILES string of the molecule is CC(C)(C)OC(=O)NC1CN(CC(=O)c2ccccc2)CC1COS(C)(=O)=O. The fraction of sp³-hybridized carbons (Fsp3) is 0.579. The maximum absolute atomic E-state index is 12.5. The largest absolute Gasteiger partial charge is 0.444 e. The van der Waals surface area contributed by atoms with Crippen molar-refractivity contribution in [3.63, 3.8) is 0 Å². The highest BCUT2D eigenvalue weighted by Crippen LogP contribution is 2.20. The van der Waals surface area contributed by atoms with E-state index >= 15 is 0 Å². The standard InChI is InChI=1S/C19H28N2O6S/c1-19(2,3)27-18(23)20-16-11-21(10-15(16)13-26-28(4,24)25)12-17(22)14-8-6-5-7-9-14/h5-9,15-16H,10-13H2,1-4H3,(H,20,23). The summed E-state index contributed by atoms with van der Waals surface area (Å²) in [5.74, 6) is -0.327. The van der Waals surface area contributed by atoms with Gasteiger partial charge in [0.05, 0.1) is 25.4 Å². The molecule has 1 heterocycles. The second-order valence-electron chi connectivity index (χ2n) is 7.98. The smallest absolute Gasteiger partial charge is 0.407 e. The second kappa shape index (κ2) is 9.02. The van der Waals surface area contributed by atoms with Gasteiger partial charge >= 0.3 is 6.09 Å². The van der Waals surface area contributed by atoms with Gasteiger partial charge in [-0.3, -0.25) is 13.9 Å². The van der Waals surface area contributed by atoms with Crippen LogP contribution in [-0.4, -0.2) is 69.3 Å². The second-order valence-corrected chi connectivity index (χ2v) is 9.63. The third-order valence-corrected chi connectivity index (χ3v) is 4.74. The minimum atomic E-state index is -3.61. The molecule has 0 spiro atoms. The van der Waals surface area contributed by atoms with Crippen molar-refractivity contribution in [3.05, 3.63) is 35.9 Å². The molecule has 1 amide bonds. The molecule has 2 rings (SSSR count). The Morgan fingerprint density at radius 2 is 1.82 bits per heavy atom. The van der Waals surface area contributed by atoms with Crippen LogP contribution in [-0.2, 0) is 19.0 Å². The Labute approximate surface area is 166 Å². The lowest BCUT2D eigenvalue weighted by Crippen LogP contribution is -2.44. The zero-order chi connectivity index (χ0) is 20.9. The van der Waals surface area contributed by atoms with Crippen LogP contribution in [0.4, 0.5) is 4.79 Å². The van der Waals surface area contributed by atoms with Crippen LogP contribution in [0.1, 0.15) is 31.1 Å². The lowest BCUT2D eigenvalue weighted by molar-refractivity contribution is 0.0490. The fourth-order valence-corrected chi connectivity index (χ4v) is 3.43. The number of hydrogen-bond acceptors (Lipinski definition) is 7. The molecule has 2 atom stereocenters. The summed E-state index contributed by atoms with van der Waals surface area (Å²) < 4.78 is 32.9. The molecule has 28 heavy (non-hydrogen) atoms. The molecule has 0 bridgehead atoms. The molecule has 1 aromatic carbocycles. The van der Waals surface area contributed by atoms with Crippen molar-refractivity contribution in [1.29, 1.82) is 0 Å². The number of nitrogens with zero attached hydrogens (tertiary/aromatic N) is 1. The normalized spacial score (nSPS) is 20.7. The van der Waals surface area contributed by atoms with E-state index in [-0.39, 0.29) is 30.9 Å². The molecule has 1 N–H and O–H groups in total. The van der Waals surface area contributed by atoms with E-state index in [0.717, 1.165) is 6.26 Å². The van der Waals surface area contributed by atoms with Crippen molar-refractivity contribution in [2.75, 3.05) is 32.5 Å². The summed E-state index contributed by atoms with van der Waals surface area (Å²) in [5, 5.41) is 2.78. The van der Waals surface area contributed by atoms with Crippen molar-refractivity contribution >= 4 is 22.0 Å². The molecule has 1 aliphatic rings. The van der Waals surface area contributed by atoms with E-state index in [9.17, 15) is 18.0 Å². The highest BCUT2D eigenvalue weighted by atomic mass is 32.2. The first-order valence-electron chi connectivity index (χ1n) is 9.07. The summed E-state index contributed by atoms with van der Waals surface area (Å²) in [7, 11) is -3.61. The van der Waals surface area contributed by atoms with E-state index in [1.54, 1.807) is 45.0 Å². The first-order chi connectivity index (χ1) is 12.9. The molecule has 9 heteroatoms. The van der Waals surface area contributed by atoms with Crippen LogP contribution in [0.5, 0.6) is 0 Å². The zero-order valence-electron chi connectivity index (χ0n) is 16.7. The highest BCUT2D eigenvalue weighted by molar-refractivity contribution is 7.85. The van der Waals surface area contributed by atoms with E-state index in [0.29, 0.717) is 18.7 Å². The van der Waals surface area contributed by atoms with Crippen molar-refractivity contribution in [2.24, 2.45) is 5.92 Å². The Bertz CT molecular complexity index is 788. The van der Waals surface area contributed by atoms with E-state index in [1.807, 2.05) is 11.0 Å².